The van der Waals surface area contributed by atoms with E-state index in [1.54, 1.807) is 32.6 Å². The van der Waals surface area contributed by atoms with Crippen molar-refractivity contribution in [3.05, 3.63) is 70.7 Å². The fourth-order valence-electron chi connectivity index (χ4n) is 4.86. The average molecular weight is 527 g/mol. The van der Waals surface area contributed by atoms with Gasteiger partial charge < -0.3 is 15.0 Å². The molecule has 3 aromatic heterocycles. The summed E-state index contributed by atoms with van der Waals surface area (Å²) < 4.78 is 8.93. The number of rotatable bonds is 5. The SMILES string of the molecule is CCN(C)Cc1cccc(Nc2ncc3c(=O)n4n(c3n2)-c2ccc3c(n2)N(CCC/C=C\C4)C(=O)CO3)c1. The highest BCUT2D eigenvalue weighted by Gasteiger charge is 2.28. The van der Waals surface area contributed by atoms with Gasteiger partial charge in [-0.3, -0.25) is 14.5 Å². The first-order valence-electron chi connectivity index (χ1n) is 13.1. The van der Waals surface area contributed by atoms with Gasteiger partial charge in [-0.15, -0.1) is 0 Å². The number of aromatic nitrogens is 5. The van der Waals surface area contributed by atoms with E-state index in [0.717, 1.165) is 31.6 Å². The van der Waals surface area contributed by atoms with Gasteiger partial charge in [0.1, 0.15) is 5.39 Å². The number of nitrogens with zero attached hydrogens (tertiary/aromatic N) is 7. The topological polar surface area (TPSA) is 110 Å². The van der Waals surface area contributed by atoms with Crippen molar-refractivity contribution in [3.63, 3.8) is 0 Å². The van der Waals surface area contributed by atoms with E-state index in [1.807, 2.05) is 24.3 Å². The van der Waals surface area contributed by atoms with Crippen LogP contribution >= 0.6 is 0 Å². The average Bonchev–Trinajstić information content (AvgIpc) is 3.21. The monoisotopic (exact) mass is 526 g/mol. The summed E-state index contributed by atoms with van der Waals surface area (Å²) in [5, 5.41) is 3.67. The van der Waals surface area contributed by atoms with Crippen LogP contribution in [-0.4, -0.2) is 61.9 Å². The van der Waals surface area contributed by atoms with Gasteiger partial charge in [0.2, 0.25) is 5.95 Å². The van der Waals surface area contributed by atoms with Gasteiger partial charge >= 0.3 is 0 Å². The molecule has 2 aliphatic rings. The molecule has 1 aromatic carbocycles. The van der Waals surface area contributed by atoms with E-state index < -0.39 is 0 Å². The van der Waals surface area contributed by atoms with Crippen LogP contribution < -0.4 is 20.5 Å². The second kappa shape index (κ2) is 10.3. The van der Waals surface area contributed by atoms with Crippen molar-refractivity contribution in [3.8, 4) is 11.6 Å². The Balaban J connectivity index is 1.45. The molecule has 39 heavy (non-hydrogen) atoms. The highest BCUT2D eigenvalue weighted by atomic mass is 16.5. The molecular weight excluding hydrogens is 496 g/mol. The number of benzene rings is 1. The summed E-state index contributed by atoms with van der Waals surface area (Å²) in [5.41, 5.74) is 2.23. The molecule has 0 spiro atoms. The molecule has 2 aliphatic heterocycles. The normalized spacial score (nSPS) is 15.9. The van der Waals surface area contributed by atoms with Crippen LogP contribution in [0.1, 0.15) is 25.3 Å². The van der Waals surface area contributed by atoms with Crippen molar-refractivity contribution in [2.45, 2.75) is 32.9 Å². The number of hydrogen-bond acceptors (Lipinski definition) is 8. The summed E-state index contributed by atoms with van der Waals surface area (Å²) >= 11 is 0. The van der Waals surface area contributed by atoms with Gasteiger partial charge in [-0.2, -0.15) is 4.98 Å². The Kier molecular flexibility index (Phi) is 6.57. The van der Waals surface area contributed by atoms with E-state index in [1.165, 1.54) is 5.56 Å². The Morgan fingerprint density at radius 2 is 2.03 bits per heavy atom. The number of carbonyl (C=O) groups excluding carboxylic acids is 1. The molecule has 2 bridgehead atoms. The number of amides is 1. The highest BCUT2D eigenvalue weighted by Crippen LogP contribution is 2.32. The zero-order valence-corrected chi connectivity index (χ0v) is 22.0. The van der Waals surface area contributed by atoms with Crippen LogP contribution in [0.4, 0.5) is 17.5 Å². The molecule has 0 saturated carbocycles. The van der Waals surface area contributed by atoms with Crippen molar-refractivity contribution in [1.82, 2.24) is 29.2 Å². The van der Waals surface area contributed by atoms with Gasteiger partial charge in [-0.05, 0) is 56.3 Å². The van der Waals surface area contributed by atoms with Crippen LogP contribution in [0.2, 0.25) is 0 Å². The number of anilines is 3. The Labute approximate surface area is 225 Å². The lowest BCUT2D eigenvalue weighted by Crippen LogP contribution is -2.40. The van der Waals surface area contributed by atoms with Crippen LogP contribution in [0.5, 0.6) is 5.75 Å². The zero-order chi connectivity index (χ0) is 26.9. The Hall–Kier alpha value is -4.51. The Morgan fingerprint density at radius 3 is 2.90 bits per heavy atom. The number of fused-ring (bicyclic) bond motifs is 5. The third-order valence-electron chi connectivity index (χ3n) is 7.00. The fraction of sp³-hybridized carbons (Fsp3) is 0.321. The zero-order valence-electron chi connectivity index (χ0n) is 22.0. The molecule has 11 heteroatoms. The molecule has 4 aromatic rings. The molecule has 5 heterocycles. The van der Waals surface area contributed by atoms with Crippen LogP contribution in [0.25, 0.3) is 16.9 Å². The Morgan fingerprint density at radius 1 is 1.13 bits per heavy atom. The van der Waals surface area contributed by atoms with E-state index >= 15 is 0 Å². The minimum Gasteiger partial charge on any atom is -0.480 e. The van der Waals surface area contributed by atoms with Crippen molar-refractivity contribution in [1.29, 1.82) is 0 Å². The lowest BCUT2D eigenvalue weighted by atomic mass is 10.2. The highest BCUT2D eigenvalue weighted by molar-refractivity contribution is 5.96. The summed E-state index contributed by atoms with van der Waals surface area (Å²) in [4.78, 5) is 44.0. The first kappa shape index (κ1) is 24.8. The first-order valence-corrected chi connectivity index (χ1v) is 13.1. The van der Waals surface area contributed by atoms with Gasteiger partial charge in [0.15, 0.2) is 29.6 Å². The third-order valence-corrected chi connectivity index (χ3v) is 7.00. The van der Waals surface area contributed by atoms with Crippen LogP contribution in [0.15, 0.2) is 59.5 Å². The van der Waals surface area contributed by atoms with Crippen molar-refractivity contribution >= 4 is 34.4 Å². The first-order chi connectivity index (χ1) is 19.0. The number of nitrogens with one attached hydrogen (secondary N) is 1. The molecule has 0 radical (unpaired) electrons. The second-order valence-electron chi connectivity index (χ2n) is 9.72. The predicted molar refractivity (Wildman–Crippen MR) is 149 cm³/mol. The maximum absolute atomic E-state index is 13.5. The van der Waals surface area contributed by atoms with E-state index in [-0.39, 0.29) is 18.1 Å². The fourth-order valence-corrected chi connectivity index (χ4v) is 4.86. The molecule has 0 saturated heterocycles. The summed E-state index contributed by atoms with van der Waals surface area (Å²) in [6.07, 6.45) is 7.09. The van der Waals surface area contributed by atoms with Crippen molar-refractivity contribution in [2.75, 3.05) is 37.0 Å². The number of hydrogen-bond donors (Lipinski definition) is 1. The molecule has 0 fully saturated rings. The van der Waals surface area contributed by atoms with E-state index in [0.29, 0.717) is 47.5 Å². The summed E-state index contributed by atoms with van der Waals surface area (Å²) in [6.45, 7) is 4.78. The largest absolute Gasteiger partial charge is 0.480 e. The van der Waals surface area contributed by atoms with Gasteiger partial charge in [0.25, 0.3) is 11.5 Å². The molecule has 1 amide bonds. The number of ether oxygens (including phenoxy) is 1. The van der Waals surface area contributed by atoms with Crippen LogP contribution in [-0.2, 0) is 17.9 Å². The van der Waals surface area contributed by atoms with Gasteiger partial charge in [-0.1, -0.05) is 31.2 Å². The molecule has 6 rings (SSSR count). The minimum atomic E-state index is -0.216. The lowest BCUT2D eigenvalue weighted by molar-refractivity contribution is -0.121. The molecule has 200 valence electrons. The number of pyridine rings is 1. The number of allylic oxidation sites excluding steroid dienone is 2. The molecular formula is C28H30N8O3. The molecule has 0 atom stereocenters. The second-order valence-corrected chi connectivity index (χ2v) is 9.72. The number of carbonyl (C=O) groups is 1. The van der Waals surface area contributed by atoms with E-state index in [4.69, 9.17) is 14.7 Å². The molecule has 0 aliphatic carbocycles. The van der Waals surface area contributed by atoms with Crippen molar-refractivity contribution in [2.24, 2.45) is 0 Å². The van der Waals surface area contributed by atoms with Crippen LogP contribution in [0, 0.1) is 0 Å². The standard InChI is InChI=1S/C28H30N8O3/c1-3-33(2)17-19-9-8-10-20(15-19)30-28-29-16-21-25(32-28)36-23-12-11-22-26(31-23)34(24(37)18-39-22)13-6-4-5-7-14-35(36)27(21)38/h5,7-12,15-16H,3-4,6,13-14,17-18H2,1-2H3,(H,29,30,32)/b7-5-. The summed E-state index contributed by atoms with van der Waals surface area (Å²) in [6, 6.07) is 11.7. The minimum absolute atomic E-state index is 0.0147. The summed E-state index contributed by atoms with van der Waals surface area (Å²) in [7, 11) is 2.08. The lowest BCUT2D eigenvalue weighted by Gasteiger charge is -2.28. The van der Waals surface area contributed by atoms with Gasteiger partial charge in [0.05, 0.1) is 6.54 Å². The predicted octanol–water partition coefficient (Wildman–Crippen LogP) is 3.25. The quantitative estimate of drug-likeness (QED) is 0.395. The third kappa shape index (κ3) is 4.76. The maximum Gasteiger partial charge on any atom is 0.278 e. The molecule has 11 nitrogen and oxygen atoms in total. The van der Waals surface area contributed by atoms with Crippen molar-refractivity contribution < 1.29 is 9.53 Å². The van der Waals surface area contributed by atoms with E-state index in [2.05, 4.69) is 41.3 Å². The maximum atomic E-state index is 13.5. The van der Waals surface area contributed by atoms with Gasteiger partial charge in [0, 0.05) is 25.0 Å². The Bertz CT molecular complexity index is 1640. The molecule has 0 unspecified atom stereocenters. The molecule has 1 N–H and O–H groups in total. The smallest absolute Gasteiger partial charge is 0.278 e. The van der Waals surface area contributed by atoms with E-state index in [9.17, 15) is 9.59 Å². The van der Waals surface area contributed by atoms with Crippen LogP contribution in [0.3, 0.4) is 0 Å². The van der Waals surface area contributed by atoms with Gasteiger partial charge in [-0.25, -0.2) is 19.3 Å². The summed E-state index contributed by atoms with van der Waals surface area (Å²) in [5.74, 6) is 1.69.